The van der Waals surface area contributed by atoms with Gasteiger partial charge in [0.15, 0.2) is 5.13 Å². The van der Waals surface area contributed by atoms with Crippen LogP contribution in [0.2, 0.25) is 0 Å². The van der Waals surface area contributed by atoms with Crippen LogP contribution in [0.3, 0.4) is 0 Å². The van der Waals surface area contributed by atoms with Gasteiger partial charge in [-0.15, -0.1) is 11.3 Å². The first kappa shape index (κ1) is 19.6. The second-order valence-electron chi connectivity index (χ2n) is 6.28. The van der Waals surface area contributed by atoms with E-state index in [1.165, 1.54) is 27.8 Å². The Labute approximate surface area is 172 Å². The maximum absolute atomic E-state index is 12.8. The zero-order valence-electron chi connectivity index (χ0n) is 15.3. The monoisotopic (exact) mass is 430 g/mol. The molecule has 0 atom stereocenters. The first-order chi connectivity index (χ1) is 14.0. The summed E-state index contributed by atoms with van der Waals surface area (Å²) in [6.07, 6.45) is 3.37. The molecule has 3 aromatic rings. The molecule has 0 aliphatic carbocycles. The molecule has 1 aromatic carbocycles. The highest BCUT2D eigenvalue weighted by atomic mass is 32.2. The third-order valence-corrected chi connectivity index (χ3v) is 7.04. The van der Waals surface area contributed by atoms with Crippen LogP contribution in [0.15, 0.2) is 59.1 Å². The van der Waals surface area contributed by atoms with Crippen molar-refractivity contribution in [3.8, 4) is 11.3 Å². The summed E-state index contributed by atoms with van der Waals surface area (Å²) in [5.74, 6) is -0.420. The molecule has 2 aromatic heterocycles. The van der Waals surface area contributed by atoms with E-state index in [0.717, 1.165) is 5.56 Å². The van der Waals surface area contributed by atoms with E-state index in [1.807, 2.05) is 17.5 Å². The topological polar surface area (TPSA) is 101 Å². The number of ether oxygens (including phenoxy) is 1. The van der Waals surface area contributed by atoms with Gasteiger partial charge in [0, 0.05) is 42.0 Å². The average Bonchev–Trinajstić information content (AvgIpc) is 3.23. The highest BCUT2D eigenvalue weighted by Crippen LogP contribution is 2.25. The molecule has 1 aliphatic heterocycles. The number of anilines is 1. The quantitative estimate of drug-likeness (QED) is 0.667. The van der Waals surface area contributed by atoms with Crippen LogP contribution >= 0.6 is 11.3 Å². The highest BCUT2D eigenvalue weighted by Gasteiger charge is 2.27. The fourth-order valence-electron chi connectivity index (χ4n) is 2.88. The van der Waals surface area contributed by atoms with Crippen molar-refractivity contribution in [2.24, 2.45) is 0 Å². The maximum atomic E-state index is 12.8. The molecule has 10 heteroatoms. The maximum Gasteiger partial charge on any atom is 0.257 e. The summed E-state index contributed by atoms with van der Waals surface area (Å²) in [6.45, 7) is 1.33. The van der Waals surface area contributed by atoms with Crippen molar-refractivity contribution in [3.05, 3.63) is 59.7 Å². The molecule has 29 heavy (non-hydrogen) atoms. The van der Waals surface area contributed by atoms with Crippen LogP contribution in [0.1, 0.15) is 10.4 Å². The lowest BCUT2D eigenvalue weighted by molar-refractivity contribution is 0.0730. The van der Waals surface area contributed by atoms with Crippen molar-refractivity contribution in [2.45, 2.75) is 4.90 Å². The molecule has 0 unspecified atom stereocenters. The lowest BCUT2D eigenvalue weighted by atomic mass is 10.2. The van der Waals surface area contributed by atoms with Gasteiger partial charge in [-0.1, -0.05) is 6.07 Å². The number of morpholine rings is 1. The summed E-state index contributed by atoms with van der Waals surface area (Å²) in [6, 6.07) is 9.71. The fourth-order valence-corrected chi connectivity index (χ4v) is 5.05. The van der Waals surface area contributed by atoms with Gasteiger partial charge in [-0.2, -0.15) is 4.31 Å². The molecular weight excluding hydrogens is 412 g/mol. The summed E-state index contributed by atoms with van der Waals surface area (Å²) in [7, 11) is -3.67. The van der Waals surface area contributed by atoms with Crippen LogP contribution in [0.4, 0.5) is 5.13 Å². The predicted octanol–water partition coefficient (Wildman–Crippen LogP) is 2.48. The number of carbonyl (C=O) groups excluding carboxylic acids is 1. The molecule has 1 amide bonds. The minimum Gasteiger partial charge on any atom is -0.379 e. The number of aromatic nitrogens is 2. The van der Waals surface area contributed by atoms with Crippen LogP contribution in [0.25, 0.3) is 11.3 Å². The van der Waals surface area contributed by atoms with Gasteiger partial charge >= 0.3 is 0 Å². The molecular formula is C19H18N4O4S2. The van der Waals surface area contributed by atoms with Crippen LogP contribution in [0, 0.1) is 0 Å². The zero-order valence-corrected chi connectivity index (χ0v) is 16.9. The molecule has 3 heterocycles. The number of hydrogen-bond donors (Lipinski definition) is 1. The van der Waals surface area contributed by atoms with E-state index in [0.29, 0.717) is 37.1 Å². The van der Waals surface area contributed by atoms with Gasteiger partial charge in [-0.25, -0.2) is 13.4 Å². The summed E-state index contributed by atoms with van der Waals surface area (Å²) in [5, 5.41) is 4.98. The van der Waals surface area contributed by atoms with Gasteiger partial charge in [0.2, 0.25) is 10.0 Å². The fraction of sp³-hybridized carbons (Fsp3) is 0.211. The van der Waals surface area contributed by atoms with Crippen molar-refractivity contribution in [3.63, 3.8) is 0 Å². The van der Waals surface area contributed by atoms with E-state index >= 15 is 0 Å². The Morgan fingerprint density at radius 3 is 2.76 bits per heavy atom. The largest absolute Gasteiger partial charge is 0.379 e. The molecule has 150 valence electrons. The smallest absolute Gasteiger partial charge is 0.257 e. The molecule has 1 fully saturated rings. The molecule has 0 spiro atoms. The Balaban J connectivity index is 1.51. The first-order valence-corrected chi connectivity index (χ1v) is 11.2. The standard InChI is InChI=1S/C19H18N4O4S2/c24-18(22-19-21-17(13-28-19)15-4-2-6-20-12-15)14-3-1-5-16(11-14)29(25,26)23-7-9-27-10-8-23/h1-6,11-13H,7-10H2,(H,21,22,24). The number of sulfonamides is 1. The number of amides is 1. The molecule has 0 bridgehead atoms. The van der Waals surface area contributed by atoms with Crippen LogP contribution in [0.5, 0.6) is 0 Å². The van der Waals surface area contributed by atoms with E-state index < -0.39 is 15.9 Å². The van der Waals surface area contributed by atoms with Crippen LogP contribution < -0.4 is 5.32 Å². The van der Waals surface area contributed by atoms with E-state index in [1.54, 1.807) is 24.5 Å². The number of nitrogens with one attached hydrogen (secondary N) is 1. The summed E-state index contributed by atoms with van der Waals surface area (Å²) in [5.41, 5.74) is 1.81. The molecule has 1 N–H and O–H groups in total. The molecule has 1 saturated heterocycles. The van der Waals surface area contributed by atoms with Gasteiger partial charge in [-0.3, -0.25) is 15.1 Å². The number of nitrogens with zero attached hydrogens (tertiary/aromatic N) is 3. The molecule has 4 rings (SSSR count). The summed E-state index contributed by atoms with van der Waals surface area (Å²) >= 11 is 1.29. The van der Waals surface area contributed by atoms with Crippen molar-refractivity contribution in [1.29, 1.82) is 0 Å². The Morgan fingerprint density at radius 1 is 1.17 bits per heavy atom. The van der Waals surface area contributed by atoms with Crippen molar-refractivity contribution >= 4 is 32.4 Å². The van der Waals surface area contributed by atoms with Gasteiger partial charge in [-0.05, 0) is 30.3 Å². The number of carbonyl (C=O) groups is 1. The molecule has 0 radical (unpaired) electrons. The third kappa shape index (κ3) is 4.35. The predicted molar refractivity (Wildman–Crippen MR) is 109 cm³/mol. The van der Waals surface area contributed by atoms with Crippen molar-refractivity contribution in [1.82, 2.24) is 14.3 Å². The van der Waals surface area contributed by atoms with E-state index in [2.05, 4.69) is 15.3 Å². The lowest BCUT2D eigenvalue weighted by Gasteiger charge is -2.26. The minimum absolute atomic E-state index is 0.0854. The van der Waals surface area contributed by atoms with Gasteiger partial charge in [0.05, 0.1) is 23.8 Å². The number of thiazole rings is 1. The lowest BCUT2D eigenvalue weighted by Crippen LogP contribution is -2.40. The SMILES string of the molecule is O=C(Nc1nc(-c2cccnc2)cs1)c1cccc(S(=O)(=O)N2CCOCC2)c1. The van der Waals surface area contributed by atoms with Crippen molar-refractivity contribution in [2.75, 3.05) is 31.6 Å². The molecule has 1 aliphatic rings. The minimum atomic E-state index is -3.67. The summed E-state index contributed by atoms with van der Waals surface area (Å²) in [4.78, 5) is 21.2. The van der Waals surface area contributed by atoms with E-state index in [-0.39, 0.29) is 10.5 Å². The van der Waals surface area contributed by atoms with E-state index in [4.69, 9.17) is 4.74 Å². The number of benzene rings is 1. The van der Waals surface area contributed by atoms with Crippen LogP contribution in [-0.4, -0.2) is 54.9 Å². The van der Waals surface area contributed by atoms with Crippen LogP contribution in [-0.2, 0) is 14.8 Å². The second-order valence-corrected chi connectivity index (χ2v) is 9.07. The molecule has 8 nitrogen and oxygen atoms in total. The number of hydrogen-bond acceptors (Lipinski definition) is 7. The average molecular weight is 431 g/mol. The Morgan fingerprint density at radius 2 is 2.00 bits per heavy atom. The third-order valence-electron chi connectivity index (χ3n) is 4.39. The molecule has 0 saturated carbocycles. The van der Waals surface area contributed by atoms with Gasteiger partial charge in [0.25, 0.3) is 5.91 Å². The normalized spacial score (nSPS) is 15.2. The highest BCUT2D eigenvalue weighted by molar-refractivity contribution is 7.89. The zero-order chi connectivity index (χ0) is 20.3. The Bertz CT molecular complexity index is 1110. The van der Waals surface area contributed by atoms with Gasteiger partial charge in [0.1, 0.15) is 0 Å². The van der Waals surface area contributed by atoms with Gasteiger partial charge < -0.3 is 4.74 Å². The summed E-state index contributed by atoms with van der Waals surface area (Å²) < 4.78 is 32.2. The van der Waals surface area contributed by atoms with E-state index in [9.17, 15) is 13.2 Å². The number of pyridine rings is 1. The Hall–Kier alpha value is -2.66. The Kier molecular flexibility index (Phi) is 5.67. The van der Waals surface area contributed by atoms with Crippen molar-refractivity contribution < 1.29 is 17.9 Å². The number of rotatable bonds is 5. The first-order valence-electron chi connectivity index (χ1n) is 8.89. The second kappa shape index (κ2) is 8.37.